The summed E-state index contributed by atoms with van der Waals surface area (Å²) in [6, 6.07) is 3.74. The lowest BCUT2D eigenvalue weighted by Crippen LogP contribution is -2.41. The number of hydrogen-bond acceptors (Lipinski definition) is 3. The van der Waals surface area contributed by atoms with Gasteiger partial charge >= 0.3 is 0 Å². The second kappa shape index (κ2) is 8.49. The first kappa shape index (κ1) is 20.2. The van der Waals surface area contributed by atoms with E-state index in [1.54, 1.807) is 7.11 Å². The molecule has 7 heteroatoms. The predicted molar refractivity (Wildman–Crippen MR) is 105 cm³/mol. The van der Waals surface area contributed by atoms with Crippen molar-refractivity contribution < 1.29 is 8.95 Å². The number of hydrogen-bond donors (Lipinski definition) is 2. The quantitative estimate of drug-likeness (QED) is 0.725. The van der Waals surface area contributed by atoms with Gasteiger partial charge in [-0.15, -0.1) is 0 Å². The largest absolute Gasteiger partial charge is 0.496 e. The molecule has 1 fully saturated rings. The van der Waals surface area contributed by atoms with E-state index in [-0.39, 0.29) is 10.8 Å². The lowest BCUT2D eigenvalue weighted by Gasteiger charge is -2.34. The predicted octanol–water partition coefficient (Wildman–Crippen LogP) is 4.20. The molecule has 1 aliphatic heterocycles. The zero-order valence-electron chi connectivity index (χ0n) is 14.6. The summed E-state index contributed by atoms with van der Waals surface area (Å²) in [4.78, 5) is 0. The van der Waals surface area contributed by atoms with Crippen molar-refractivity contribution in [2.24, 2.45) is 5.92 Å². The number of benzene rings is 1. The van der Waals surface area contributed by atoms with Gasteiger partial charge in [0.1, 0.15) is 5.75 Å². The van der Waals surface area contributed by atoms with Crippen molar-refractivity contribution in [1.29, 1.82) is 0 Å². The Morgan fingerprint density at radius 1 is 1.38 bits per heavy atom. The summed E-state index contributed by atoms with van der Waals surface area (Å²) in [5.41, 5.74) is 0.968. The number of ether oxygens (including phenoxy) is 1. The first-order valence-electron chi connectivity index (χ1n) is 8.15. The standard InChI is InChI=1S/C17H26BrClN2O2S/c1-17(2,3)24(22)21-16(11-5-7-20-8-6-11)12-9-14(19)13(18)10-15(12)23-4/h9-11,16,20-21H,5-8H2,1-4H3/t16-,24?/m1/s1. The zero-order valence-corrected chi connectivity index (χ0v) is 17.8. The van der Waals surface area contributed by atoms with Crippen LogP contribution in [-0.4, -0.2) is 29.2 Å². The van der Waals surface area contributed by atoms with Gasteiger partial charge in [-0.05, 0) is 80.7 Å². The molecule has 0 aliphatic carbocycles. The molecule has 0 radical (unpaired) electrons. The third-order valence-corrected chi connectivity index (χ3v) is 7.03. The summed E-state index contributed by atoms with van der Waals surface area (Å²) in [6.07, 6.45) is 2.05. The van der Waals surface area contributed by atoms with Crippen LogP contribution >= 0.6 is 27.5 Å². The molecular formula is C17H26BrClN2O2S. The van der Waals surface area contributed by atoms with E-state index in [2.05, 4.69) is 26.0 Å². The smallest absolute Gasteiger partial charge is 0.124 e. The Balaban J connectivity index is 2.41. The van der Waals surface area contributed by atoms with Gasteiger partial charge < -0.3 is 10.1 Å². The minimum absolute atomic E-state index is 0.0623. The van der Waals surface area contributed by atoms with Crippen molar-refractivity contribution in [3.05, 3.63) is 27.2 Å². The highest BCUT2D eigenvalue weighted by Crippen LogP contribution is 2.39. The molecule has 0 saturated carbocycles. The van der Waals surface area contributed by atoms with Crippen LogP contribution in [0.1, 0.15) is 45.2 Å². The minimum atomic E-state index is -1.17. The van der Waals surface area contributed by atoms with Crippen LogP contribution in [0.15, 0.2) is 16.6 Å². The van der Waals surface area contributed by atoms with Gasteiger partial charge in [0.05, 0.1) is 33.9 Å². The molecule has 2 atom stereocenters. The van der Waals surface area contributed by atoms with Gasteiger partial charge in [0.25, 0.3) is 0 Å². The Morgan fingerprint density at radius 3 is 2.54 bits per heavy atom. The van der Waals surface area contributed by atoms with Crippen LogP contribution < -0.4 is 14.8 Å². The number of rotatable bonds is 5. The van der Waals surface area contributed by atoms with E-state index in [0.717, 1.165) is 41.7 Å². The molecule has 0 bridgehead atoms. The fraction of sp³-hybridized carbons (Fsp3) is 0.647. The molecule has 24 heavy (non-hydrogen) atoms. The summed E-state index contributed by atoms with van der Waals surface area (Å²) in [5, 5.41) is 4.02. The van der Waals surface area contributed by atoms with Crippen molar-refractivity contribution >= 4 is 38.5 Å². The van der Waals surface area contributed by atoms with E-state index in [0.29, 0.717) is 10.9 Å². The number of piperidine rings is 1. The summed E-state index contributed by atoms with van der Waals surface area (Å²) in [5.74, 6) is 1.14. The second-order valence-electron chi connectivity index (χ2n) is 7.07. The van der Waals surface area contributed by atoms with Gasteiger partial charge in [0.15, 0.2) is 0 Å². The number of halogens is 2. The zero-order chi connectivity index (χ0) is 17.9. The van der Waals surface area contributed by atoms with Crippen molar-refractivity contribution in [2.45, 2.75) is 44.4 Å². The van der Waals surface area contributed by atoms with Crippen molar-refractivity contribution in [3.8, 4) is 5.75 Å². The van der Waals surface area contributed by atoms with E-state index in [9.17, 15) is 4.21 Å². The van der Waals surface area contributed by atoms with E-state index in [4.69, 9.17) is 16.3 Å². The third kappa shape index (κ3) is 4.94. The fourth-order valence-corrected chi connectivity index (χ4v) is 4.25. The third-order valence-electron chi connectivity index (χ3n) is 4.25. The maximum absolute atomic E-state index is 12.7. The van der Waals surface area contributed by atoms with Crippen LogP contribution in [0.2, 0.25) is 5.02 Å². The average Bonchev–Trinajstić information content (AvgIpc) is 2.54. The topological polar surface area (TPSA) is 50.4 Å². The maximum Gasteiger partial charge on any atom is 0.124 e. The Morgan fingerprint density at radius 2 is 2.00 bits per heavy atom. The van der Waals surface area contributed by atoms with Crippen molar-refractivity contribution in [3.63, 3.8) is 0 Å². The molecular weight excluding hydrogens is 412 g/mol. The van der Waals surface area contributed by atoms with Crippen LogP contribution in [0.3, 0.4) is 0 Å². The molecule has 0 amide bonds. The Labute approximate surface area is 160 Å². The Hall–Kier alpha value is -0.140. The molecule has 1 aliphatic rings. The molecule has 4 nitrogen and oxygen atoms in total. The second-order valence-corrected chi connectivity index (χ2v) is 10.3. The van der Waals surface area contributed by atoms with Crippen LogP contribution in [0.4, 0.5) is 0 Å². The summed E-state index contributed by atoms with van der Waals surface area (Å²) in [7, 11) is 0.480. The molecule has 1 unspecified atom stereocenters. The molecule has 1 saturated heterocycles. The number of nitrogens with one attached hydrogen (secondary N) is 2. The van der Waals surface area contributed by atoms with Crippen LogP contribution in [0.25, 0.3) is 0 Å². The van der Waals surface area contributed by atoms with E-state index >= 15 is 0 Å². The van der Waals surface area contributed by atoms with E-state index in [1.165, 1.54) is 0 Å². The highest BCUT2D eigenvalue weighted by Gasteiger charge is 2.32. The van der Waals surface area contributed by atoms with Crippen LogP contribution in [0.5, 0.6) is 5.75 Å². The summed E-state index contributed by atoms with van der Waals surface area (Å²) >= 11 is 9.78. The van der Waals surface area contributed by atoms with Gasteiger partial charge in [0, 0.05) is 10.0 Å². The van der Waals surface area contributed by atoms with Crippen LogP contribution in [0, 0.1) is 5.92 Å². The highest BCUT2D eigenvalue weighted by molar-refractivity contribution is 9.10. The van der Waals surface area contributed by atoms with Gasteiger partial charge in [-0.3, -0.25) is 0 Å². The van der Waals surface area contributed by atoms with Crippen molar-refractivity contribution in [1.82, 2.24) is 10.0 Å². The maximum atomic E-state index is 12.7. The molecule has 1 heterocycles. The molecule has 0 spiro atoms. The minimum Gasteiger partial charge on any atom is -0.496 e. The van der Waals surface area contributed by atoms with Crippen LogP contribution in [-0.2, 0) is 11.0 Å². The lowest BCUT2D eigenvalue weighted by molar-refractivity contribution is 0.300. The molecule has 1 aromatic carbocycles. The summed E-state index contributed by atoms with van der Waals surface area (Å²) < 4.78 is 22.1. The molecule has 2 rings (SSSR count). The van der Waals surface area contributed by atoms with Crippen molar-refractivity contribution in [2.75, 3.05) is 20.2 Å². The highest BCUT2D eigenvalue weighted by atomic mass is 79.9. The monoisotopic (exact) mass is 436 g/mol. The number of methoxy groups -OCH3 is 1. The van der Waals surface area contributed by atoms with Gasteiger partial charge in [0.2, 0.25) is 0 Å². The first-order chi connectivity index (χ1) is 11.2. The van der Waals surface area contributed by atoms with Gasteiger partial charge in [-0.25, -0.2) is 8.93 Å². The Bertz CT molecular complexity index is 601. The normalized spacial score (nSPS) is 19.1. The first-order valence-corrected chi connectivity index (χ1v) is 10.5. The van der Waals surface area contributed by atoms with Gasteiger partial charge in [-0.2, -0.15) is 0 Å². The molecule has 136 valence electrons. The molecule has 2 N–H and O–H groups in total. The van der Waals surface area contributed by atoms with Gasteiger partial charge in [-0.1, -0.05) is 11.6 Å². The SMILES string of the molecule is COc1cc(Br)c(Cl)cc1[C@H](NS(=O)C(C)(C)C)C1CCNCC1. The molecule has 0 aromatic heterocycles. The Kier molecular flexibility index (Phi) is 7.14. The van der Waals surface area contributed by atoms with E-state index < -0.39 is 11.0 Å². The average molecular weight is 438 g/mol. The van der Waals surface area contributed by atoms with E-state index in [1.807, 2.05) is 32.9 Å². The summed E-state index contributed by atoms with van der Waals surface area (Å²) in [6.45, 7) is 7.86. The lowest BCUT2D eigenvalue weighted by atomic mass is 9.86. The fourth-order valence-electron chi connectivity index (χ4n) is 2.85. The molecule has 1 aromatic rings.